The molecule has 0 saturated carbocycles. The minimum absolute atomic E-state index is 0.131. The quantitative estimate of drug-likeness (QED) is 0.521. The van der Waals surface area contributed by atoms with E-state index < -0.39 is 11.6 Å². The number of benzene rings is 2. The van der Waals surface area contributed by atoms with Gasteiger partial charge in [0, 0.05) is 23.2 Å². The number of carbonyl (C=O) groups excluding carboxylic acids is 1. The predicted molar refractivity (Wildman–Crippen MR) is 77.7 cm³/mol. The van der Waals surface area contributed by atoms with Gasteiger partial charge in [0.25, 0.3) is 0 Å². The fourth-order valence-corrected chi connectivity index (χ4v) is 2.31. The van der Waals surface area contributed by atoms with Crippen molar-refractivity contribution in [2.75, 3.05) is 5.73 Å². The summed E-state index contributed by atoms with van der Waals surface area (Å²) in [6, 6.07) is 7.31. The molecule has 0 atom stereocenters. The molecule has 2 N–H and O–H groups in total. The van der Waals surface area contributed by atoms with Crippen LogP contribution in [0.5, 0.6) is 0 Å². The van der Waals surface area contributed by atoms with Gasteiger partial charge < -0.3 is 5.73 Å². The number of halogens is 3. The number of rotatable bonds is 3. The predicted octanol–water partition coefficient (Wildman–Crippen LogP) is 4.04. The maximum atomic E-state index is 13.9. The Hall–Kier alpha value is -1.75. The van der Waals surface area contributed by atoms with Gasteiger partial charge in [0.1, 0.15) is 11.6 Å². The minimum atomic E-state index is -0.750. The molecular weight excluding hydrogens is 328 g/mol. The summed E-state index contributed by atoms with van der Waals surface area (Å²) >= 11 is 2.98. The van der Waals surface area contributed by atoms with Gasteiger partial charge in [0.2, 0.25) is 0 Å². The molecule has 2 rings (SSSR count). The Morgan fingerprint density at radius 1 is 1.25 bits per heavy atom. The highest BCUT2D eigenvalue weighted by Crippen LogP contribution is 2.24. The van der Waals surface area contributed by atoms with Gasteiger partial charge in [0.15, 0.2) is 5.78 Å². The van der Waals surface area contributed by atoms with Crippen molar-refractivity contribution in [1.82, 2.24) is 0 Å². The molecule has 20 heavy (non-hydrogen) atoms. The summed E-state index contributed by atoms with van der Waals surface area (Å²) in [6.07, 6.45) is -0.346. The van der Waals surface area contributed by atoms with Gasteiger partial charge in [-0.25, -0.2) is 8.78 Å². The molecule has 5 heteroatoms. The first-order valence-corrected chi connectivity index (χ1v) is 6.71. The molecule has 0 fully saturated rings. The van der Waals surface area contributed by atoms with Crippen LogP contribution in [0.4, 0.5) is 14.5 Å². The van der Waals surface area contributed by atoms with Gasteiger partial charge in [-0.3, -0.25) is 4.79 Å². The number of Topliss-reactive ketones (excluding diaryl/α,β-unsaturated/α-hetero) is 1. The van der Waals surface area contributed by atoms with Crippen molar-refractivity contribution in [1.29, 1.82) is 0 Å². The Bertz CT molecular complexity index is 686. The van der Waals surface area contributed by atoms with Crippen molar-refractivity contribution in [2.24, 2.45) is 0 Å². The lowest BCUT2D eigenvalue weighted by atomic mass is 9.98. The molecule has 0 aromatic heterocycles. The highest BCUT2D eigenvalue weighted by atomic mass is 79.9. The summed E-state index contributed by atoms with van der Waals surface area (Å²) in [7, 11) is 0. The largest absolute Gasteiger partial charge is 0.398 e. The molecule has 2 aromatic rings. The number of hydrogen-bond acceptors (Lipinski definition) is 2. The molecule has 0 aliphatic rings. The first kappa shape index (κ1) is 14.7. The average Bonchev–Trinajstić information content (AvgIpc) is 2.42. The molecule has 0 unspecified atom stereocenters. The fourth-order valence-electron chi connectivity index (χ4n) is 1.94. The van der Waals surface area contributed by atoms with E-state index in [1.54, 1.807) is 25.1 Å². The SMILES string of the molecule is Cc1c(N)cccc1C(=O)Cc1c(F)ccc(Br)c1F. The number of nitrogens with two attached hydrogens (primary N) is 1. The van der Waals surface area contributed by atoms with Crippen LogP contribution in [0.1, 0.15) is 21.5 Å². The Kier molecular flexibility index (Phi) is 4.18. The first-order chi connectivity index (χ1) is 9.41. The lowest BCUT2D eigenvalue weighted by molar-refractivity contribution is 0.0990. The van der Waals surface area contributed by atoms with E-state index in [9.17, 15) is 13.6 Å². The van der Waals surface area contributed by atoms with Crippen molar-refractivity contribution in [2.45, 2.75) is 13.3 Å². The molecule has 0 bridgehead atoms. The second-order valence-corrected chi connectivity index (χ2v) is 5.30. The van der Waals surface area contributed by atoms with Crippen molar-refractivity contribution >= 4 is 27.4 Å². The maximum Gasteiger partial charge on any atom is 0.167 e. The average molecular weight is 340 g/mol. The zero-order chi connectivity index (χ0) is 14.9. The number of hydrogen-bond donors (Lipinski definition) is 1. The summed E-state index contributed by atoms with van der Waals surface area (Å²) in [5.74, 6) is -1.86. The third-order valence-corrected chi connectivity index (χ3v) is 3.76. The van der Waals surface area contributed by atoms with E-state index in [-0.39, 0.29) is 22.2 Å². The second-order valence-electron chi connectivity index (χ2n) is 4.44. The van der Waals surface area contributed by atoms with Crippen molar-refractivity contribution in [3.05, 3.63) is 63.1 Å². The van der Waals surface area contributed by atoms with Crippen LogP contribution >= 0.6 is 15.9 Å². The Morgan fingerprint density at radius 2 is 1.95 bits per heavy atom. The van der Waals surface area contributed by atoms with E-state index in [1.165, 1.54) is 6.07 Å². The molecule has 0 aliphatic heterocycles. The van der Waals surface area contributed by atoms with Gasteiger partial charge >= 0.3 is 0 Å². The van der Waals surface area contributed by atoms with E-state index in [1.807, 2.05) is 0 Å². The Morgan fingerprint density at radius 3 is 2.65 bits per heavy atom. The first-order valence-electron chi connectivity index (χ1n) is 5.92. The lowest BCUT2D eigenvalue weighted by Crippen LogP contribution is -2.10. The zero-order valence-electron chi connectivity index (χ0n) is 10.7. The minimum Gasteiger partial charge on any atom is -0.398 e. The van der Waals surface area contributed by atoms with E-state index in [0.717, 1.165) is 6.07 Å². The zero-order valence-corrected chi connectivity index (χ0v) is 12.3. The van der Waals surface area contributed by atoms with Gasteiger partial charge in [0.05, 0.1) is 4.47 Å². The monoisotopic (exact) mass is 339 g/mol. The number of nitrogen functional groups attached to an aromatic ring is 1. The molecule has 0 radical (unpaired) electrons. The lowest BCUT2D eigenvalue weighted by Gasteiger charge is -2.09. The summed E-state index contributed by atoms with van der Waals surface area (Å²) in [4.78, 5) is 12.2. The van der Waals surface area contributed by atoms with Crippen LogP contribution in [0.2, 0.25) is 0 Å². The highest BCUT2D eigenvalue weighted by molar-refractivity contribution is 9.10. The van der Waals surface area contributed by atoms with Crippen LogP contribution in [0.15, 0.2) is 34.8 Å². The van der Waals surface area contributed by atoms with E-state index in [2.05, 4.69) is 15.9 Å². The summed E-state index contributed by atoms with van der Waals surface area (Å²) in [5, 5.41) is 0. The standard InChI is InChI=1S/C15H12BrF2NO/c1-8-9(3-2-4-13(8)19)14(20)7-10-12(17)6-5-11(16)15(10)18/h2-6H,7,19H2,1H3. The van der Waals surface area contributed by atoms with Crippen LogP contribution < -0.4 is 5.73 Å². The normalized spacial score (nSPS) is 10.6. The van der Waals surface area contributed by atoms with Crippen LogP contribution in [-0.2, 0) is 6.42 Å². The van der Waals surface area contributed by atoms with Crippen LogP contribution in [-0.4, -0.2) is 5.78 Å². The number of ketones is 1. The Labute approximate surface area is 123 Å². The topological polar surface area (TPSA) is 43.1 Å². The smallest absolute Gasteiger partial charge is 0.167 e. The fraction of sp³-hybridized carbons (Fsp3) is 0.133. The van der Waals surface area contributed by atoms with Gasteiger partial charge in [-0.15, -0.1) is 0 Å². The molecule has 0 heterocycles. The van der Waals surface area contributed by atoms with Crippen LogP contribution in [0, 0.1) is 18.6 Å². The van der Waals surface area contributed by atoms with Gasteiger partial charge in [-0.1, -0.05) is 12.1 Å². The van der Waals surface area contributed by atoms with Crippen molar-refractivity contribution in [3.8, 4) is 0 Å². The van der Waals surface area contributed by atoms with Crippen LogP contribution in [0.25, 0.3) is 0 Å². The third-order valence-electron chi connectivity index (χ3n) is 3.15. The highest BCUT2D eigenvalue weighted by Gasteiger charge is 2.18. The molecule has 0 amide bonds. The third kappa shape index (κ3) is 2.72. The van der Waals surface area contributed by atoms with E-state index in [4.69, 9.17) is 5.73 Å². The van der Waals surface area contributed by atoms with Gasteiger partial charge in [-0.2, -0.15) is 0 Å². The van der Waals surface area contributed by atoms with E-state index >= 15 is 0 Å². The van der Waals surface area contributed by atoms with Gasteiger partial charge in [-0.05, 0) is 46.6 Å². The molecule has 2 nitrogen and oxygen atoms in total. The number of anilines is 1. The second kappa shape index (κ2) is 5.71. The van der Waals surface area contributed by atoms with E-state index in [0.29, 0.717) is 16.8 Å². The molecule has 2 aromatic carbocycles. The number of carbonyl (C=O) groups is 1. The van der Waals surface area contributed by atoms with Crippen LogP contribution in [0.3, 0.4) is 0 Å². The summed E-state index contributed by atoms with van der Waals surface area (Å²) in [5.41, 5.74) is 6.96. The molecule has 0 aliphatic carbocycles. The molecule has 0 spiro atoms. The molecular formula is C15H12BrF2NO. The Balaban J connectivity index is 2.38. The molecule has 104 valence electrons. The van der Waals surface area contributed by atoms with Crippen molar-refractivity contribution < 1.29 is 13.6 Å². The summed E-state index contributed by atoms with van der Waals surface area (Å²) < 4.78 is 27.6. The van der Waals surface area contributed by atoms with Crippen molar-refractivity contribution in [3.63, 3.8) is 0 Å². The molecule has 0 saturated heterocycles. The summed E-state index contributed by atoms with van der Waals surface area (Å²) in [6.45, 7) is 1.70. The maximum absolute atomic E-state index is 13.9.